The second-order valence-corrected chi connectivity index (χ2v) is 5.43. The first-order valence-corrected chi connectivity index (χ1v) is 7.29. The predicted molar refractivity (Wildman–Crippen MR) is 74.3 cm³/mol. The van der Waals surface area contributed by atoms with Crippen molar-refractivity contribution in [3.63, 3.8) is 0 Å². The van der Waals surface area contributed by atoms with Crippen LogP contribution in [-0.2, 0) is 14.2 Å². The number of rotatable bonds is 10. The van der Waals surface area contributed by atoms with Crippen LogP contribution in [0.2, 0.25) is 0 Å². The van der Waals surface area contributed by atoms with E-state index in [0.717, 1.165) is 19.6 Å². The molecular formula is C14H29NO4. The molecule has 0 aliphatic carbocycles. The average Bonchev–Trinajstić information content (AvgIpc) is 2.74. The van der Waals surface area contributed by atoms with Gasteiger partial charge in [0.15, 0.2) is 0 Å². The van der Waals surface area contributed by atoms with Crippen LogP contribution in [0.3, 0.4) is 0 Å². The fourth-order valence-corrected chi connectivity index (χ4v) is 2.10. The average molecular weight is 275 g/mol. The summed E-state index contributed by atoms with van der Waals surface area (Å²) in [5.74, 6) is 0.563. The van der Waals surface area contributed by atoms with Crippen LogP contribution in [0.1, 0.15) is 27.2 Å². The van der Waals surface area contributed by atoms with Gasteiger partial charge in [0.2, 0.25) is 0 Å². The van der Waals surface area contributed by atoms with Crippen molar-refractivity contribution in [2.24, 2.45) is 5.92 Å². The summed E-state index contributed by atoms with van der Waals surface area (Å²) < 4.78 is 16.2. The Morgan fingerprint density at radius 2 is 2.16 bits per heavy atom. The van der Waals surface area contributed by atoms with Crippen molar-refractivity contribution in [3.05, 3.63) is 0 Å². The number of aliphatic hydroxyl groups excluding tert-OH is 1. The third-order valence-electron chi connectivity index (χ3n) is 3.31. The Labute approximate surface area is 116 Å². The van der Waals surface area contributed by atoms with E-state index in [0.29, 0.717) is 38.4 Å². The van der Waals surface area contributed by atoms with Gasteiger partial charge in [0.1, 0.15) is 0 Å². The molecule has 0 radical (unpaired) electrons. The second-order valence-electron chi connectivity index (χ2n) is 5.43. The van der Waals surface area contributed by atoms with Crippen LogP contribution < -0.4 is 5.32 Å². The van der Waals surface area contributed by atoms with Crippen molar-refractivity contribution in [1.82, 2.24) is 5.32 Å². The second kappa shape index (κ2) is 9.66. The fourth-order valence-electron chi connectivity index (χ4n) is 2.10. The molecule has 5 nitrogen and oxygen atoms in total. The lowest BCUT2D eigenvalue weighted by molar-refractivity contribution is -0.0102. The van der Waals surface area contributed by atoms with Crippen LogP contribution in [-0.4, -0.2) is 62.9 Å². The summed E-state index contributed by atoms with van der Waals surface area (Å²) in [4.78, 5) is 0. The van der Waals surface area contributed by atoms with E-state index in [1.54, 1.807) is 0 Å². The van der Waals surface area contributed by atoms with Gasteiger partial charge in [-0.2, -0.15) is 0 Å². The largest absolute Gasteiger partial charge is 0.389 e. The van der Waals surface area contributed by atoms with E-state index in [9.17, 15) is 5.11 Å². The first kappa shape index (κ1) is 16.9. The molecular weight excluding hydrogens is 246 g/mol. The molecule has 1 heterocycles. The maximum atomic E-state index is 9.74. The zero-order chi connectivity index (χ0) is 14.1. The van der Waals surface area contributed by atoms with Gasteiger partial charge in [-0.1, -0.05) is 0 Å². The maximum Gasteiger partial charge on any atom is 0.0897 e. The van der Waals surface area contributed by atoms with Gasteiger partial charge in [-0.3, -0.25) is 0 Å². The highest BCUT2D eigenvalue weighted by Gasteiger charge is 2.23. The number of hydrogen-bond donors (Lipinski definition) is 2. The number of aliphatic hydroxyl groups is 1. The number of nitrogens with one attached hydrogen (secondary N) is 1. The Hall–Kier alpha value is -0.200. The normalized spacial score (nSPS) is 25.1. The number of hydrogen-bond acceptors (Lipinski definition) is 5. The van der Waals surface area contributed by atoms with Crippen LogP contribution in [0.25, 0.3) is 0 Å². The SMILES string of the molecule is CC(C)OCCOCC(O)CNCC1CCOC1C. The van der Waals surface area contributed by atoms with E-state index in [4.69, 9.17) is 14.2 Å². The Bertz CT molecular complexity index is 225. The molecule has 1 rings (SSSR count). The van der Waals surface area contributed by atoms with Crippen molar-refractivity contribution in [2.45, 2.75) is 45.5 Å². The quantitative estimate of drug-likeness (QED) is 0.578. The van der Waals surface area contributed by atoms with Crippen molar-refractivity contribution >= 4 is 0 Å². The minimum atomic E-state index is -0.461. The van der Waals surface area contributed by atoms with E-state index in [2.05, 4.69) is 12.2 Å². The molecule has 0 bridgehead atoms. The van der Waals surface area contributed by atoms with E-state index in [1.807, 2.05) is 13.8 Å². The van der Waals surface area contributed by atoms with Gasteiger partial charge in [0, 0.05) is 19.7 Å². The summed E-state index contributed by atoms with van der Waals surface area (Å²) in [5.41, 5.74) is 0. The van der Waals surface area contributed by atoms with Gasteiger partial charge in [0.05, 0.1) is 38.1 Å². The summed E-state index contributed by atoms with van der Waals surface area (Å²) in [6, 6.07) is 0. The molecule has 0 aromatic carbocycles. The summed E-state index contributed by atoms with van der Waals surface area (Å²) in [5, 5.41) is 13.0. The summed E-state index contributed by atoms with van der Waals surface area (Å²) in [7, 11) is 0. The van der Waals surface area contributed by atoms with Gasteiger partial charge < -0.3 is 24.6 Å². The van der Waals surface area contributed by atoms with E-state index in [-0.39, 0.29) is 6.10 Å². The molecule has 5 heteroatoms. The third-order valence-corrected chi connectivity index (χ3v) is 3.31. The van der Waals surface area contributed by atoms with Crippen LogP contribution in [0, 0.1) is 5.92 Å². The standard InChI is InChI=1S/C14H29NO4/c1-11(2)18-7-6-17-10-14(16)9-15-8-13-4-5-19-12(13)3/h11-16H,4-10H2,1-3H3. The summed E-state index contributed by atoms with van der Waals surface area (Å²) >= 11 is 0. The summed E-state index contributed by atoms with van der Waals surface area (Å²) in [6.45, 7) is 9.87. The Morgan fingerprint density at radius 1 is 1.37 bits per heavy atom. The highest BCUT2D eigenvalue weighted by atomic mass is 16.5. The molecule has 3 unspecified atom stereocenters. The van der Waals surface area contributed by atoms with E-state index < -0.39 is 6.10 Å². The molecule has 1 fully saturated rings. The van der Waals surface area contributed by atoms with Crippen LogP contribution in [0.5, 0.6) is 0 Å². The van der Waals surface area contributed by atoms with E-state index in [1.165, 1.54) is 0 Å². The van der Waals surface area contributed by atoms with Crippen LogP contribution >= 0.6 is 0 Å². The van der Waals surface area contributed by atoms with Gasteiger partial charge in [-0.05, 0) is 33.1 Å². The molecule has 0 spiro atoms. The molecule has 1 aliphatic heterocycles. The lowest BCUT2D eigenvalue weighted by Gasteiger charge is -2.17. The van der Waals surface area contributed by atoms with Crippen molar-refractivity contribution in [3.8, 4) is 0 Å². The fraction of sp³-hybridized carbons (Fsp3) is 1.00. The molecule has 0 amide bonds. The van der Waals surface area contributed by atoms with Gasteiger partial charge >= 0.3 is 0 Å². The highest BCUT2D eigenvalue weighted by molar-refractivity contribution is 4.75. The number of ether oxygens (including phenoxy) is 3. The lowest BCUT2D eigenvalue weighted by atomic mass is 10.0. The van der Waals surface area contributed by atoms with Crippen molar-refractivity contribution in [1.29, 1.82) is 0 Å². The molecule has 1 saturated heterocycles. The van der Waals surface area contributed by atoms with Crippen molar-refractivity contribution in [2.75, 3.05) is 39.5 Å². The molecule has 3 atom stereocenters. The smallest absolute Gasteiger partial charge is 0.0897 e. The van der Waals surface area contributed by atoms with Crippen molar-refractivity contribution < 1.29 is 19.3 Å². The highest BCUT2D eigenvalue weighted by Crippen LogP contribution is 2.19. The zero-order valence-corrected chi connectivity index (χ0v) is 12.4. The third kappa shape index (κ3) is 7.84. The molecule has 0 aromatic rings. The van der Waals surface area contributed by atoms with Gasteiger partial charge in [0.25, 0.3) is 0 Å². The Morgan fingerprint density at radius 3 is 2.79 bits per heavy atom. The molecule has 114 valence electrons. The first-order chi connectivity index (χ1) is 9.09. The topological polar surface area (TPSA) is 60.0 Å². The van der Waals surface area contributed by atoms with Crippen LogP contribution in [0.4, 0.5) is 0 Å². The minimum Gasteiger partial charge on any atom is -0.389 e. The summed E-state index contributed by atoms with van der Waals surface area (Å²) in [6.07, 6.45) is 1.20. The van der Waals surface area contributed by atoms with E-state index >= 15 is 0 Å². The van der Waals surface area contributed by atoms with Crippen LogP contribution in [0.15, 0.2) is 0 Å². The molecule has 1 aliphatic rings. The lowest BCUT2D eigenvalue weighted by Crippen LogP contribution is -2.35. The zero-order valence-electron chi connectivity index (χ0n) is 12.4. The minimum absolute atomic E-state index is 0.228. The predicted octanol–water partition coefficient (Wildman–Crippen LogP) is 0.804. The Balaban J connectivity index is 1.91. The maximum absolute atomic E-state index is 9.74. The van der Waals surface area contributed by atoms with Gasteiger partial charge in [-0.15, -0.1) is 0 Å². The molecule has 0 aromatic heterocycles. The first-order valence-electron chi connectivity index (χ1n) is 7.29. The molecule has 2 N–H and O–H groups in total. The molecule has 19 heavy (non-hydrogen) atoms. The Kier molecular flexibility index (Phi) is 8.57. The monoisotopic (exact) mass is 275 g/mol. The van der Waals surface area contributed by atoms with Gasteiger partial charge in [-0.25, -0.2) is 0 Å². The molecule has 0 saturated carbocycles.